The lowest BCUT2D eigenvalue weighted by molar-refractivity contribution is 0.819. The Kier molecular flexibility index (Phi) is 3.97. The van der Waals surface area contributed by atoms with Crippen molar-refractivity contribution < 1.29 is 0 Å². The van der Waals surface area contributed by atoms with Crippen LogP contribution in [-0.2, 0) is 0 Å². The Morgan fingerprint density at radius 2 is 1.58 bits per heavy atom. The summed E-state index contributed by atoms with van der Waals surface area (Å²) in [6, 6.07) is 21.2. The van der Waals surface area contributed by atoms with Gasteiger partial charge in [-0.1, -0.05) is 30.3 Å². The predicted octanol–water partition coefficient (Wildman–Crippen LogP) is 3.70. The molecule has 0 fully saturated rings. The first-order valence-corrected chi connectivity index (χ1v) is 8.41. The number of hydrogen-bond acceptors (Lipinski definition) is 3. The molecule has 0 aliphatic carbocycles. The van der Waals surface area contributed by atoms with E-state index < -0.39 is 0 Å². The van der Waals surface area contributed by atoms with Crippen molar-refractivity contribution in [2.75, 3.05) is 0 Å². The van der Waals surface area contributed by atoms with Gasteiger partial charge in [0.1, 0.15) is 0 Å². The molecule has 26 heavy (non-hydrogen) atoms. The summed E-state index contributed by atoms with van der Waals surface area (Å²) >= 11 is 0. The van der Waals surface area contributed by atoms with E-state index in [-0.39, 0.29) is 5.43 Å². The smallest absolute Gasteiger partial charge is 0.209 e. The molecule has 0 unspecified atom stereocenters. The third-order valence-electron chi connectivity index (χ3n) is 4.15. The first-order chi connectivity index (χ1) is 12.6. The first-order valence-electron chi connectivity index (χ1n) is 8.41. The Morgan fingerprint density at radius 3 is 2.35 bits per heavy atom. The van der Waals surface area contributed by atoms with Gasteiger partial charge in [-0.15, -0.1) is 0 Å². The second-order valence-electron chi connectivity index (χ2n) is 6.23. The summed E-state index contributed by atoms with van der Waals surface area (Å²) in [6.07, 6.45) is 1.69. The molecule has 5 nitrogen and oxygen atoms in total. The van der Waals surface area contributed by atoms with E-state index in [1.54, 1.807) is 21.6 Å². The van der Waals surface area contributed by atoms with E-state index in [2.05, 4.69) is 10.2 Å². The average molecular weight is 342 g/mol. The van der Waals surface area contributed by atoms with Crippen molar-refractivity contribution in [3.8, 4) is 22.8 Å². The molecule has 4 rings (SSSR count). The number of aromatic nitrogens is 4. The second-order valence-corrected chi connectivity index (χ2v) is 6.23. The SMILES string of the molecule is Cc1cccc(-n2ccc(=O)c(-c3cc(C)nn3-c3ccccc3)n2)c1. The Bertz CT molecular complexity index is 1130. The Balaban J connectivity index is 1.90. The van der Waals surface area contributed by atoms with Gasteiger partial charge in [0.2, 0.25) is 5.43 Å². The third kappa shape index (κ3) is 2.95. The maximum Gasteiger partial charge on any atom is 0.209 e. The zero-order valence-electron chi connectivity index (χ0n) is 14.6. The molecular weight excluding hydrogens is 324 g/mol. The van der Waals surface area contributed by atoms with Gasteiger partial charge in [-0.05, 0) is 49.7 Å². The lowest BCUT2D eigenvalue weighted by Gasteiger charge is -2.10. The Morgan fingerprint density at radius 1 is 0.808 bits per heavy atom. The van der Waals surface area contributed by atoms with Crippen LogP contribution in [0.25, 0.3) is 22.8 Å². The minimum Gasteiger partial charge on any atom is -0.287 e. The molecule has 0 bridgehead atoms. The van der Waals surface area contributed by atoms with Gasteiger partial charge < -0.3 is 0 Å². The van der Waals surface area contributed by atoms with Crippen LogP contribution in [0.1, 0.15) is 11.3 Å². The van der Waals surface area contributed by atoms with E-state index in [1.807, 2.05) is 74.5 Å². The average Bonchev–Trinajstić information content (AvgIpc) is 3.04. The highest BCUT2D eigenvalue weighted by molar-refractivity contribution is 5.58. The summed E-state index contributed by atoms with van der Waals surface area (Å²) in [6.45, 7) is 3.94. The fourth-order valence-electron chi connectivity index (χ4n) is 2.93. The predicted molar refractivity (Wildman–Crippen MR) is 102 cm³/mol. The minimum absolute atomic E-state index is 0.133. The van der Waals surface area contributed by atoms with Gasteiger partial charge in [0.05, 0.1) is 22.8 Å². The fourth-order valence-corrected chi connectivity index (χ4v) is 2.93. The quantitative estimate of drug-likeness (QED) is 0.570. The zero-order chi connectivity index (χ0) is 18.1. The van der Waals surface area contributed by atoms with Crippen LogP contribution < -0.4 is 5.43 Å². The lowest BCUT2D eigenvalue weighted by Crippen LogP contribution is -2.14. The molecule has 0 aliphatic heterocycles. The summed E-state index contributed by atoms with van der Waals surface area (Å²) in [5, 5.41) is 9.14. The monoisotopic (exact) mass is 342 g/mol. The molecule has 4 aromatic rings. The highest BCUT2D eigenvalue weighted by atomic mass is 16.1. The van der Waals surface area contributed by atoms with Gasteiger partial charge >= 0.3 is 0 Å². The van der Waals surface area contributed by atoms with Crippen molar-refractivity contribution in [1.29, 1.82) is 0 Å². The number of hydrogen-bond donors (Lipinski definition) is 0. The second kappa shape index (κ2) is 6.44. The van der Waals surface area contributed by atoms with Gasteiger partial charge in [0.15, 0.2) is 5.69 Å². The van der Waals surface area contributed by atoms with E-state index in [9.17, 15) is 4.79 Å². The largest absolute Gasteiger partial charge is 0.287 e. The van der Waals surface area contributed by atoms with E-state index in [0.29, 0.717) is 11.4 Å². The fraction of sp³-hybridized carbons (Fsp3) is 0.0952. The van der Waals surface area contributed by atoms with E-state index in [4.69, 9.17) is 0 Å². The van der Waals surface area contributed by atoms with Crippen molar-refractivity contribution in [3.63, 3.8) is 0 Å². The molecule has 0 spiro atoms. The number of aryl methyl sites for hydroxylation is 2. The van der Waals surface area contributed by atoms with Crippen molar-refractivity contribution in [2.45, 2.75) is 13.8 Å². The molecule has 5 heteroatoms. The normalized spacial score (nSPS) is 10.8. The topological polar surface area (TPSA) is 52.7 Å². The highest BCUT2D eigenvalue weighted by Gasteiger charge is 2.15. The van der Waals surface area contributed by atoms with Crippen LogP contribution in [0.15, 0.2) is 77.7 Å². The lowest BCUT2D eigenvalue weighted by atomic mass is 10.2. The van der Waals surface area contributed by atoms with Crippen LogP contribution >= 0.6 is 0 Å². The van der Waals surface area contributed by atoms with Crippen molar-refractivity contribution in [3.05, 3.63) is 94.4 Å². The maximum absolute atomic E-state index is 12.5. The minimum atomic E-state index is -0.133. The zero-order valence-corrected chi connectivity index (χ0v) is 14.6. The van der Waals surface area contributed by atoms with E-state index >= 15 is 0 Å². The van der Waals surface area contributed by atoms with Crippen molar-refractivity contribution in [2.24, 2.45) is 0 Å². The Hall–Kier alpha value is -3.47. The molecule has 0 saturated heterocycles. The summed E-state index contributed by atoms with van der Waals surface area (Å²) in [7, 11) is 0. The van der Waals surface area contributed by atoms with Gasteiger partial charge in [-0.25, -0.2) is 9.36 Å². The summed E-state index contributed by atoms with van der Waals surface area (Å²) in [4.78, 5) is 12.5. The number of rotatable bonds is 3. The standard InChI is InChI=1S/C21H18N4O/c1-15-7-6-10-18(13-15)24-12-11-20(26)21(23-24)19-14-16(2)22-25(19)17-8-4-3-5-9-17/h3-14H,1-2H3. The number of para-hydroxylation sites is 1. The van der Waals surface area contributed by atoms with Crippen LogP contribution in [0, 0.1) is 13.8 Å². The van der Waals surface area contributed by atoms with Crippen LogP contribution in [0.4, 0.5) is 0 Å². The van der Waals surface area contributed by atoms with Crippen LogP contribution in [0.5, 0.6) is 0 Å². The van der Waals surface area contributed by atoms with E-state index in [1.165, 1.54) is 0 Å². The van der Waals surface area contributed by atoms with Crippen LogP contribution in [-0.4, -0.2) is 19.6 Å². The highest BCUT2D eigenvalue weighted by Crippen LogP contribution is 2.20. The van der Waals surface area contributed by atoms with Crippen molar-refractivity contribution in [1.82, 2.24) is 19.6 Å². The third-order valence-corrected chi connectivity index (χ3v) is 4.15. The molecule has 0 amide bonds. The molecule has 0 N–H and O–H groups in total. The summed E-state index contributed by atoms with van der Waals surface area (Å²) in [5.41, 5.74) is 4.69. The van der Waals surface area contributed by atoms with Gasteiger partial charge in [0, 0.05) is 12.3 Å². The molecule has 2 aromatic heterocycles. The van der Waals surface area contributed by atoms with Crippen LogP contribution in [0.3, 0.4) is 0 Å². The van der Waals surface area contributed by atoms with Gasteiger partial charge in [0.25, 0.3) is 0 Å². The summed E-state index contributed by atoms with van der Waals surface area (Å²) in [5.74, 6) is 0. The molecule has 0 aliphatic rings. The molecule has 0 atom stereocenters. The van der Waals surface area contributed by atoms with Crippen molar-refractivity contribution >= 4 is 0 Å². The first kappa shape index (κ1) is 16.0. The molecule has 128 valence electrons. The van der Waals surface area contributed by atoms with Gasteiger partial charge in [-0.3, -0.25) is 4.79 Å². The molecular formula is C21H18N4O. The Labute approximate surface area is 151 Å². The molecule has 2 heterocycles. The maximum atomic E-state index is 12.5. The van der Waals surface area contributed by atoms with E-state index in [0.717, 1.165) is 22.6 Å². The number of benzene rings is 2. The molecule has 0 saturated carbocycles. The summed E-state index contributed by atoms with van der Waals surface area (Å²) < 4.78 is 3.49. The van der Waals surface area contributed by atoms with Crippen LogP contribution in [0.2, 0.25) is 0 Å². The number of nitrogens with zero attached hydrogens (tertiary/aromatic N) is 4. The van der Waals surface area contributed by atoms with Gasteiger partial charge in [-0.2, -0.15) is 10.2 Å². The molecule has 2 aromatic carbocycles. The molecule has 0 radical (unpaired) electrons.